The van der Waals surface area contributed by atoms with Crippen molar-refractivity contribution in [3.8, 4) is 5.75 Å². The Morgan fingerprint density at radius 1 is 1.39 bits per heavy atom. The monoisotopic (exact) mass is 373 g/mol. The maximum absolute atomic E-state index is 12.0. The molecular weight excluding hydrogens is 361 g/mol. The average molecular weight is 373 g/mol. The summed E-state index contributed by atoms with van der Waals surface area (Å²) in [4.78, 5) is 12.6. The average Bonchev–Trinajstić information content (AvgIpc) is 2.82. The Kier molecular flexibility index (Phi) is 4.23. The Balaban J connectivity index is 2.13. The predicted octanol–water partition coefficient (Wildman–Crippen LogP) is 3.92. The molecule has 0 aliphatic rings. The lowest BCUT2D eigenvalue weighted by molar-refractivity contribution is 0.103. The van der Waals surface area contributed by atoms with Crippen LogP contribution >= 0.6 is 33.9 Å². The Morgan fingerprint density at radius 2 is 2.17 bits per heavy atom. The van der Waals surface area contributed by atoms with Crippen molar-refractivity contribution >= 4 is 45.5 Å². The summed E-state index contributed by atoms with van der Waals surface area (Å²) in [5, 5.41) is 4.69. The van der Waals surface area contributed by atoms with E-state index in [1.165, 1.54) is 16.9 Å². The Bertz CT molecular complexity index is 580. The van der Waals surface area contributed by atoms with Gasteiger partial charge in [0.1, 0.15) is 5.75 Å². The first kappa shape index (κ1) is 13.4. The third-order valence-electron chi connectivity index (χ3n) is 2.46. The Morgan fingerprint density at radius 3 is 2.78 bits per heavy atom. The van der Waals surface area contributed by atoms with Gasteiger partial charge in [0.15, 0.2) is 0 Å². The molecule has 0 aliphatic carbocycles. The molecule has 1 aromatic carbocycles. The second-order valence-corrected chi connectivity index (χ2v) is 5.84. The van der Waals surface area contributed by atoms with Gasteiger partial charge < -0.3 is 10.1 Å². The molecule has 94 valence electrons. The van der Waals surface area contributed by atoms with Crippen LogP contribution in [0.3, 0.4) is 0 Å². The standard InChI is InChI=1S/C13H12INO2S/c1-8-3-4-9(5-11(8)14)15-13(16)12-6-10(17-2)7-18-12/h3-7H,1-2H3,(H,15,16). The van der Waals surface area contributed by atoms with Crippen molar-refractivity contribution in [3.05, 3.63) is 43.7 Å². The van der Waals surface area contributed by atoms with Crippen LogP contribution in [0.5, 0.6) is 5.75 Å². The summed E-state index contributed by atoms with van der Waals surface area (Å²) in [5.41, 5.74) is 2.01. The minimum atomic E-state index is -0.108. The van der Waals surface area contributed by atoms with E-state index >= 15 is 0 Å². The maximum atomic E-state index is 12.0. The van der Waals surface area contributed by atoms with Crippen LogP contribution in [0.15, 0.2) is 29.6 Å². The number of methoxy groups -OCH3 is 1. The number of carbonyl (C=O) groups excluding carboxylic acids is 1. The molecular formula is C13H12INO2S. The van der Waals surface area contributed by atoms with Crippen molar-refractivity contribution in [3.63, 3.8) is 0 Å². The topological polar surface area (TPSA) is 38.3 Å². The Hall–Kier alpha value is -1.08. The van der Waals surface area contributed by atoms with Crippen molar-refractivity contribution < 1.29 is 9.53 Å². The minimum absolute atomic E-state index is 0.108. The first-order valence-electron chi connectivity index (χ1n) is 5.30. The summed E-state index contributed by atoms with van der Waals surface area (Å²) in [7, 11) is 1.59. The molecule has 0 unspecified atom stereocenters. The van der Waals surface area contributed by atoms with Crippen LogP contribution in [0.4, 0.5) is 5.69 Å². The van der Waals surface area contributed by atoms with E-state index < -0.39 is 0 Å². The number of anilines is 1. The molecule has 1 N–H and O–H groups in total. The molecule has 1 aromatic heterocycles. The van der Waals surface area contributed by atoms with E-state index in [1.807, 2.05) is 30.5 Å². The van der Waals surface area contributed by atoms with E-state index in [4.69, 9.17) is 4.74 Å². The summed E-state index contributed by atoms with van der Waals surface area (Å²) >= 11 is 3.62. The first-order chi connectivity index (χ1) is 8.60. The largest absolute Gasteiger partial charge is 0.496 e. The van der Waals surface area contributed by atoms with E-state index in [9.17, 15) is 4.79 Å². The van der Waals surface area contributed by atoms with Crippen molar-refractivity contribution in [2.45, 2.75) is 6.92 Å². The molecule has 1 heterocycles. The third kappa shape index (κ3) is 3.02. The van der Waals surface area contributed by atoms with Crippen molar-refractivity contribution in [1.29, 1.82) is 0 Å². The van der Waals surface area contributed by atoms with Crippen molar-refractivity contribution in [2.24, 2.45) is 0 Å². The summed E-state index contributed by atoms with van der Waals surface area (Å²) in [5.74, 6) is 0.603. The molecule has 0 radical (unpaired) electrons. The van der Waals surface area contributed by atoms with Crippen LogP contribution in [-0.4, -0.2) is 13.0 Å². The highest BCUT2D eigenvalue weighted by molar-refractivity contribution is 14.1. The molecule has 0 fully saturated rings. The highest BCUT2D eigenvalue weighted by Gasteiger charge is 2.10. The van der Waals surface area contributed by atoms with Crippen molar-refractivity contribution in [2.75, 3.05) is 12.4 Å². The van der Waals surface area contributed by atoms with Gasteiger partial charge >= 0.3 is 0 Å². The van der Waals surface area contributed by atoms with Gasteiger partial charge in [-0.3, -0.25) is 4.79 Å². The van der Waals surface area contributed by atoms with E-state index in [0.717, 1.165) is 9.26 Å². The number of hydrogen-bond acceptors (Lipinski definition) is 3. The lowest BCUT2D eigenvalue weighted by atomic mass is 10.2. The number of ether oxygens (including phenoxy) is 1. The lowest BCUT2D eigenvalue weighted by Gasteiger charge is -2.05. The summed E-state index contributed by atoms with van der Waals surface area (Å²) in [6, 6.07) is 7.59. The zero-order valence-electron chi connectivity index (χ0n) is 9.99. The SMILES string of the molecule is COc1csc(C(=O)Nc2ccc(C)c(I)c2)c1. The number of halogens is 1. The first-order valence-corrected chi connectivity index (χ1v) is 7.26. The number of hydrogen-bond donors (Lipinski definition) is 1. The molecule has 0 saturated carbocycles. The minimum Gasteiger partial charge on any atom is -0.496 e. The molecule has 3 nitrogen and oxygen atoms in total. The normalized spacial score (nSPS) is 10.2. The summed E-state index contributed by atoms with van der Waals surface area (Å²) in [6.45, 7) is 2.04. The number of rotatable bonds is 3. The molecule has 1 amide bonds. The fourth-order valence-electron chi connectivity index (χ4n) is 1.41. The van der Waals surface area contributed by atoms with Gasteiger partial charge in [-0.15, -0.1) is 11.3 Å². The van der Waals surface area contributed by atoms with Gasteiger partial charge in [0.05, 0.1) is 12.0 Å². The molecule has 0 saturated heterocycles. The second-order valence-electron chi connectivity index (χ2n) is 3.77. The summed E-state index contributed by atoms with van der Waals surface area (Å²) in [6.07, 6.45) is 0. The van der Waals surface area contributed by atoms with Crippen LogP contribution < -0.4 is 10.1 Å². The van der Waals surface area contributed by atoms with Crippen LogP contribution in [0.25, 0.3) is 0 Å². The van der Waals surface area contributed by atoms with Gasteiger partial charge in [-0.1, -0.05) is 6.07 Å². The van der Waals surface area contributed by atoms with Crippen LogP contribution in [-0.2, 0) is 0 Å². The van der Waals surface area contributed by atoms with Crippen LogP contribution in [0.1, 0.15) is 15.2 Å². The molecule has 0 bridgehead atoms. The van der Waals surface area contributed by atoms with Crippen LogP contribution in [0, 0.1) is 10.5 Å². The third-order valence-corrected chi connectivity index (χ3v) is 4.53. The fraction of sp³-hybridized carbons (Fsp3) is 0.154. The number of aryl methyl sites for hydroxylation is 1. The highest BCUT2D eigenvalue weighted by Crippen LogP contribution is 2.23. The maximum Gasteiger partial charge on any atom is 0.265 e. The molecule has 0 atom stereocenters. The van der Waals surface area contributed by atoms with Gasteiger partial charge in [0, 0.05) is 20.7 Å². The van der Waals surface area contributed by atoms with Gasteiger partial charge in [-0.05, 0) is 47.2 Å². The lowest BCUT2D eigenvalue weighted by Crippen LogP contribution is -2.10. The smallest absolute Gasteiger partial charge is 0.265 e. The zero-order chi connectivity index (χ0) is 13.1. The van der Waals surface area contributed by atoms with Crippen molar-refractivity contribution in [1.82, 2.24) is 0 Å². The fourth-order valence-corrected chi connectivity index (χ4v) is 2.67. The Labute approximate surface area is 123 Å². The van der Waals surface area contributed by atoms with Gasteiger partial charge in [-0.25, -0.2) is 0 Å². The molecule has 0 aliphatic heterocycles. The van der Waals surface area contributed by atoms with Gasteiger partial charge in [0.25, 0.3) is 5.91 Å². The van der Waals surface area contributed by atoms with E-state index in [-0.39, 0.29) is 5.91 Å². The van der Waals surface area contributed by atoms with Gasteiger partial charge in [0.2, 0.25) is 0 Å². The molecule has 18 heavy (non-hydrogen) atoms. The van der Waals surface area contributed by atoms with E-state index in [2.05, 4.69) is 27.9 Å². The quantitative estimate of drug-likeness (QED) is 0.829. The number of amides is 1. The number of nitrogens with one attached hydrogen (secondary N) is 1. The number of thiophene rings is 1. The zero-order valence-corrected chi connectivity index (χ0v) is 13.0. The van der Waals surface area contributed by atoms with E-state index in [0.29, 0.717) is 10.6 Å². The summed E-state index contributed by atoms with van der Waals surface area (Å²) < 4.78 is 6.19. The van der Waals surface area contributed by atoms with E-state index in [1.54, 1.807) is 13.2 Å². The van der Waals surface area contributed by atoms with Gasteiger partial charge in [-0.2, -0.15) is 0 Å². The van der Waals surface area contributed by atoms with Crippen LogP contribution in [0.2, 0.25) is 0 Å². The molecule has 2 aromatic rings. The number of carbonyl (C=O) groups is 1. The number of benzene rings is 1. The second kappa shape index (κ2) is 5.71. The predicted molar refractivity (Wildman–Crippen MR) is 82.7 cm³/mol. The molecule has 2 rings (SSSR count). The molecule has 0 spiro atoms. The highest BCUT2D eigenvalue weighted by atomic mass is 127. The molecule has 5 heteroatoms.